The number of likely N-dealkylation sites (tertiary alicyclic amines) is 1. The summed E-state index contributed by atoms with van der Waals surface area (Å²) >= 11 is 3.20. The Labute approximate surface area is 109 Å². The molecule has 0 saturated carbocycles. The zero-order valence-electron chi connectivity index (χ0n) is 9.82. The van der Waals surface area contributed by atoms with Crippen LogP contribution in [0.5, 0.6) is 0 Å². The van der Waals surface area contributed by atoms with Crippen molar-refractivity contribution >= 4 is 21.8 Å². The molecule has 1 unspecified atom stereocenters. The zero-order chi connectivity index (χ0) is 12.3. The van der Waals surface area contributed by atoms with E-state index in [9.17, 15) is 4.79 Å². The Hall–Kier alpha value is -0.810. The van der Waals surface area contributed by atoms with Gasteiger partial charge in [0.1, 0.15) is 0 Å². The van der Waals surface area contributed by atoms with E-state index in [0.717, 1.165) is 25.9 Å². The number of piperidine rings is 1. The molecule has 5 heteroatoms. The Morgan fingerprint density at radius 1 is 1.65 bits per heavy atom. The van der Waals surface area contributed by atoms with E-state index >= 15 is 0 Å². The summed E-state index contributed by atoms with van der Waals surface area (Å²) in [5.41, 5.74) is 0. The lowest BCUT2D eigenvalue weighted by molar-refractivity contribution is 0.0542. The number of carbonyl (C=O) groups excluding carboxylic acids is 1. The molecule has 1 saturated heterocycles. The van der Waals surface area contributed by atoms with Gasteiger partial charge in [-0.1, -0.05) is 0 Å². The van der Waals surface area contributed by atoms with E-state index in [0.29, 0.717) is 23.0 Å². The number of hydrogen-bond acceptors (Lipinski definition) is 3. The number of nitrogens with zero attached hydrogens (tertiary/aromatic N) is 1. The summed E-state index contributed by atoms with van der Waals surface area (Å²) in [6.07, 6.45) is 2.15. The second-order valence-corrected chi connectivity index (χ2v) is 5.10. The van der Waals surface area contributed by atoms with Gasteiger partial charge in [0.05, 0.1) is 6.61 Å². The van der Waals surface area contributed by atoms with Gasteiger partial charge >= 0.3 is 0 Å². The SMILES string of the molecule is COCC1CCCN(C(=O)c2ccc(Br)o2)C1. The molecule has 1 aromatic heterocycles. The molecule has 2 heterocycles. The minimum atomic E-state index is -0.0310. The van der Waals surface area contributed by atoms with Gasteiger partial charge in [-0.3, -0.25) is 4.79 Å². The van der Waals surface area contributed by atoms with Crippen molar-refractivity contribution in [1.29, 1.82) is 0 Å². The molecule has 1 fully saturated rings. The van der Waals surface area contributed by atoms with E-state index in [-0.39, 0.29) is 5.91 Å². The lowest BCUT2D eigenvalue weighted by Crippen LogP contribution is -2.41. The van der Waals surface area contributed by atoms with Crippen LogP contribution in [0.4, 0.5) is 0 Å². The molecule has 0 radical (unpaired) electrons. The fourth-order valence-electron chi connectivity index (χ4n) is 2.21. The van der Waals surface area contributed by atoms with E-state index in [1.165, 1.54) is 0 Å². The predicted molar refractivity (Wildman–Crippen MR) is 66.9 cm³/mol. The van der Waals surface area contributed by atoms with Crippen LogP contribution < -0.4 is 0 Å². The van der Waals surface area contributed by atoms with Gasteiger partial charge in [0, 0.05) is 20.2 Å². The molecule has 1 atom stereocenters. The molecule has 1 amide bonds. The quantitative estimate of drug-likeness (QED) is 0.861. The number of methoxy groups -OCH3 is 1. The topological polar surface area (TPSA) is 42.7 Å². The number of hydrogen-bond donors (Lipinski definition) is 0. The first-order valence-electron chi connectivity index (χ1n) is 5.74. The van der Waals surface area contributed by atoms with Crippen molar-refractivity contribution in [2.75, 3.05) is 26.8 Å². The van der Waals surface area contributed by atoms with Crippen molar-refractivity contribution in [3.8, 4) is 0 Å². The Bertz CT molecular complexity index is 389. The van der Waals surface area contributed by atoms with Crippen LogP contribution in [0.2, 0.25) is 0 Å². The van der Waals surface area contributed by atoms with E-state index < -0.39 is 0 Å². The van der Waals surface area contributed by atoms with Crippen molar-refractivity contribution in [2.45, 2.75) is 12.8 Å². The van der Waals surface area contributed by atoms with Gasteiger partial charge in [0.2, 0.25) is 0 Å². The summed E-state index contributed by atoms with van der Waals surface area (Å²) < 4.78 is 11.0. The monoisotopic (exact) mass is 301 g/mol. The van der Waals surface area contributed by atoms with Crippen LogP contribution in [0.1, 0.15) is 23.4 Å². The molecule has 1 aliphatic rings. The molecule has 17 heavy (non-hydrogen) atoms. The second-order valence-electron chi connectivity index (χ2n) is 4.32. The molecular formula is C12H16BrNO3. The molecule has 1 aromatic rings. The minimum Gasteiger partial charge on any atom is -0.444 e. The highest BCUT2D eigenvalue weighted by Gasteiger charge is 2.25. The molecule has 0 N–H and O–H groups in total. The van der Waals surface area contributed by atoms with Gasteiger partial charge in [-0.05, 0) is 46.8 Å². The Morgan fingerprint density at radius 3 is 3.12 bits per heavy atom. The van der Waals surface area contributed by atoms with Crippen molar-refractivity contribution < 1.29 is 13.9 Å². The number of rotatable bonds is 3. The smallest absolute Gasteiger partial charge is 0.289 e. The summed E-state index contributed by atoms with van der Waals surface area (Å²) in [5, 5.41) is 0. The average molecular weight is 302 g/mol. The number of halogens is 1. The summed E-state index contributed by atoms with van der Waals surface area (Å²) in [6.45, 7) is 2.27. The maximum absolute atomic E-state index is 12.1. The maximum atomic E-state index is 12.1. The number of amides is 1. The van der Waals surface area contributed by atoms with Crippen LogP contribution in [0, 0.1) is 5.92 Å². The molecule has 0 spiro atoms. The zero-order valence-corrected chi connectivity index (χ0v) is 11.4. The van der Waals surface area contributed by atoms with Gasteiger partial charge < -0.3 is 14.1 Å². The first-order chi connectivity index (χ1) is 8.20. The largest absolute Gasteiger partial charge is 0.444 e. The standard InChI is InChI=1S/C12H16BrNO3/c1-16-8-9-3-2-6-14(7-9)12(15)10-4-5-11(13)17-10/h4-5,9H,2-3,6-8H2,1H3. The highest BCUT2D eigenvalue weighted by Crippen LogP contribution is 2.21. The first-order valence-corrected chi connectivity index (χ1v) is 6.53. The fraction of sp³-hybridized carbons (Fsp3) is 0.583. The number of carbonyl (C=O) groups is 1. The normalized spacial score (nSPS) is 20.6. The van der Waals surface area contributed by atoms with Crippen LogP contribution in [0.25, 0.3) is 0 Å². The van der Waals surface area contributed by atoms with Crippen LogP contribution >= 0.6 is 15.9 Å². The third-order valence-electron chi connectivity index (χ3n) is 2.99. The Morgan fingerprint density at radius 2 is 2.47 bits per heavy atom. The molecule has 0 bridgehead atoms. The molecule has 2 rings (SSSR count). The lowest BCUT2D eigenvalue weighted by Gasteiger charge is -2.31. The highest BCUT2D eigenvalue weighted by molar-refractivity contribution is 9.10. The fourth-order valence-corrected chi connectivity index (χ4v) is 2.51. The third kappa shape index (κ3) is 3.10. The van der Waals surface area contributed by atoms with Crippen molar-refractivity contribution in [3.63, 3.8) is 0 Å². The first kappa shape index (κ1) is 12.6. The highest BCUT2D eigenvalue weighted by atomic mass is 79.9. The van der Waals surface area contributed by atoms with Gasteiger partial charge in [-0.25, -0.2) is 0 Å². The van der Waals surface area contributed by atoms with Gasteiger partial charge in [0.15, 0.2) is 10.4 Å². The van der Waals surface area contributed by atoms with E-state index in [1.54, 1.807) is 19.2 Å². The molecule has 94 valence electrons. The third-order valence-corrected chi connectivity index (χ3v) is 3.42. The summed E-state index contributed by atoms with van der Waals surface area (Å²) in [7, 11) is 1.70. The van der Waals surface area contributed by atoms with Crippen molar-refractivity contribution in [3.05, 3.63) is 22.6 Å². The minimum absolute atomic E-state index is 0.0310. The second kappa shape index (κ2) is 5.69. The van der Waals surface area contributed by atoms with Crippen LogP contribution in [0.3, 0.4) is 0 Å². The molecule has 0 aliphatic carbocycles. The van der Waals surface area contributed by atoms with Gasteiger partial charge in [-0.2, -0.15) is 0 Å². The Balaban J connectivity index is 1.99. The summed E-state index contributed by atoms with van der Waals surface area (Å²) in [6, 6.07) is 3.44. The van der Waals surface area contributed by atoms with E-state index in [1.807, 2.05) is 4.90 Å². The lowest BCUT2D eigenvalue weighted by atomic mass is 9.99. The predicted octanol–water partition coefficient (Wildman–Crippen LogP) is 2.54. The molecule has 0 aromatic carbocycles. The van der Waals surface area contributed by atoms with Gasteiger partial charge in [0.25, 0.3) is 5.91 Å². The van der Waals surface area contributed by atoms with E-state index in [2.05, 4.69) is 15.9 Å². The van der Waals surface area contributed by atoms with E-state index in [4.69, 9.17) is 9.15 Å². The van der Waals surface area contributed by atoms with Crippen molar-refractivity contribution in [1.82, 2.24) is 4.90 Å². The summed E-state index contributed by atoms with van der Waals surface area (Å²) in [4.78, 5) is 14.0. The van der Waals surface area contributed by atoms with Crippen LogP contribution in [-0.2, 0) is 4.74 Å². The van der Waals surface area contributed by atoms with Crippen LogP contribution in [-0.4, -0.2) is 37.6 Å². The number of ether oxygens (including phenoxy) is 1. The average Bonchev–Trinajstić information content (AvgIpc) is 2.76. The molecule has 1 aliphatic heterocycles. The van der Waals surface area contributed by atoms with Gasteiger partial charge in [-0.15, -0.1) is 0 Å². The maximum Gasteiger partial charge on any atom is 0.289 e. The number of furan rings is 1. The summed E-state index contributed by atoms with van der Waals surface area (Å²) in [5.74, 6) is 0.808. The molecular weight excluding hydrogens is 286 g/mol. The van der Waals surface area contributed by atoms with Crippen LogP contribution in [0.15, 0.2) is 21.2 Å². The Kier molecular flexibility index (Phi) is 4.23. The van der Waals surface area contributed by atoms with Crippen molar-refractivity contribution in [2.24, 2.45) is 5.92 Å². The molecule has 4 nitrogen and oxygen atoms in total.